The Morgan fingerprint density at radius 3 is 2.43 bits per heavy atom. The molecule has 0 bridgehead atoms. The van der Waals surface area contributed by atoms with Gasteiger partial charge < -0.3 is 25.0 Å². The summed E-state index contributed by atoms with van der Waals surface area (Å²) in [6.07, 6.45) is 4.61. The molecule has 28 heavy (non-hydrogen) atoms. The van der Waals surface area contributed by atoms with E-state index in [1.165, 1.54) is 38.9 Å². The summed E-state index contributed by atoms with van der Waals surface area (Å²) < 4.78 is 11.3. The van der Waals surface area contributed by atoms with Crippen molar-refractivity contribution < 1.29 is 9.47 Å². The molecular formula is C21H41IN4O2. The van der Waals surface area contributed by atoms with Crippen LogP contribution in [0.2, 0.25) is 0 Å². The fraction of sp³-hybridized carbons (Fsp3) is 0.952. The van der Waals surface area contributed by atoms with Crippen LogP contribution in [0.25, 0.3) is 0 Å². The molecule has 164 valence electrons. The molecule has 3 unspecified atom stereocenters. The molecule has 7 heteroatoms. The molecule has 0 spiro atoms. The number of nitrogens with one attached hydrogen (secondary N) is 2. The number of likely N-dealkylation sites (tertiary alicyclic amines) is 1. The number of guanidine groups is 1. The molecule has 0 radical (unpaired) electrons. The molecule has 3 fully saturated rings. The van der Waals surface area contributed by atoms with Crippen molar-refractivity contribution in [1.82, 2.24) is 15.5 Å². The van der Waals surface area contributed by atoms with Crippen LogP contribution in [0.15, 0.2) is 4.99 Å². The molecule has 3 atom stereocenters. The maximum atomic E-state index is 5.76. The zero-order valence-corrected chi connectivity index (χ0v) is 20.8. The third-order valence-electron chi connectivity index (χ3n) is 7.37. The predicted molar refractivity (Wildman–Crippen MR) is 126 cm³/mol. The standard InChI is InChI=1S/C21H40N4O2.HI/c1-6-22-19(24-18-13-21(4,26-5)20(18,2)3)23-17-7-10-25(11-8-17)14-16-9-12-27-15-16;/h16-18H,6-15H2,1-5H3,(H2,22,23,24);1H. The molecule has 6 nitrogen and oxygen atoms in total. The fourth-order valence-corrected chi connectivity index (χ4v) is 4.72. The first-order valence-electron chi connectivity index (χ1n) is 10.8. The van der Waals surface area contributed by atoms with Crippen LogP contribution < -0.4 is 10.6 Å². The van der Waals surface area contributed by atoms with E-state index >= 15 is 0 Å². The minimum Gasteiger partial charge on any atom is -0.381 e. The average molecular weight is 508 g/mol. The SMILES string of the molecule is CCN=C(NC1CCN(CC2CCOC2)CC1)NC1CC(C)(OC)C1(C)C.I. The summed E-state index contributed by atoms with van der Waals surface area (Å²) in [6, 6.07) is 0.901. The van der Waals surface area contributed by atoms with Crippen LogP contribution >= 0.6 is 24.0 Å². The highest BCUT2D eigenvalue weighted by atomic mass is 127. The summed E-state index contributed by atoms with van der Waals surface area (Å²) in [5.74, 6) is 1.71. The van der Waals surface area contributed by atoms with Crippen molar-refractivity contribution in [1.29, 1.82) is 0 Å². The second kappa shape index (κ2) is 10.3. The number of methoxy groups -OCH3 is 1. The molecule has 1 saturated carbocycles. The van der Waals surface area contributed by atoms with Crippen LogP contribution in [0.4, 0.5) is 0 Å². The number of rotatable bonds is 6. The van der Waals surface area contributed by atoms with E-state index in [0.717, 1.165) is 38.1 Å². The monoisotopic (exact) mass is 508 g/mol. The van der Waals surface area contributed by atoms with Gasteiger partial charge in [-0.1, -0.05) is 13.8 Å². The molecule has 2 N–H and O–H groups in total. The van der Waals surface area contributed by atoms with Gasteiger partial charge in [0.25, 0.3) is 0 Å². The summed E-state index contributed by atoms with van der Waals surface area (Å²) in [7, 11) is 1.82. The summed E-state index contributed by atoms with van der Waals surface area (Å²) >= 11 is 0. The Morgan fingerprint density at radius 1 is 1.18 bits per heavy atom. The van der Waals surface area contributed by atoms with Crippen molar-refractivity contribution in [2.45, 2.75) is 71.1 Å². The third kappa shape index (κ3) is 5.32. The van der Waals surface area contributed by atoms with Crippen molar-refractivity contribution in [2.75, 3.05) is 46.5 Å². The Balaban J connectivity index is 0.00000280. The summed E-state index contributed by atoms with van der Waals surface area (Å²) in [5, 5.41) is 7.38. The molecule has 3 rings (SSSR count). The average Bonchev–Trinajstić information content (AvgIpc) is 3.16. The van der Waals surface area contributed by atoms with E-state index < -0.39 is 0 Å². The number of ether oxygens (including phenoxy) is 2. The van der Waals surface area contributed by atoms with Gasteiger partial charge in [0.15, 0.2) is 5.96 Å². The largest absolute Gasteiger partial charge is 0.381 e. The Labute approximate surface area is 188 Å². The van der Waals surface area contributed by atoms with Crippen molar-refractivity contribution in [2.24, 2.45) is 16.3 Å². The second-order valence-corrected chi connectivity index (χ2v) is 9.33. The lowest BCUT2D eigenvalue weighted by Gasteiger charge is -2.59. The number of hydrogen-bond acceptors (Lipinski definition) is 4. The predicted octanol–water partition coefficient (Wildman–Crippen LogP) is 2.86. The number of aliphatic imine (C=N–C) groups is 1. The van der Waals surface area contributed by atoms with Crippen molar-refractivity contribution in [3.05, 3.63) is 0 Å². The van der Waals surface area contributed by atoms with E-state index in [1.807, 2.05) is 7.11 Å². The van der Waals surface area contributed by atoms with Crippen LogP contribution in [0.3, 0.4) is 0 Å². The molecular weight excluding hydrogens is 467 g/mol. The first-order chi connectivity index (χ1) is 12.9. The highest BCUT2D eigenvalue weighted by Gasteiger charge is 2.58. The van der Waals surface area contributed by atoms with Gasteiger partial charge in [-0.15, -0.1) is 24.0 Å². The Bertz CT molecular complexity index is 517. The molecule has 1 aliphatic carbocycles. The second-order valence-electron chi connectivity index (χ2n) is 9.33. The van der Waals surface area contributed by atoms with Crippen molar-refractivity contribution in [3.63, 3.8) is 0 Å². The van der Waals surface area contributed by atoms with Gasteiger partial charge in [-0.2, -0.15) is 0 Å². The number of halogens is 1. The third-order valence-corrected chi connectivity index (χ3v) is 7.37. The molecule has 0 aromatic heterocycles. The molecule has 2 aliphatic heterocycles. The minimum absolute atomic E-state index is 0. The van der Waals surface area contributed by atoms with Crippen LogP contribution in [-0.4, -0.2) is 75.0 Å². The number of nitrogens with zero attached hydrogens (tertiary/aromatic N) is 2. The molecule has 3 aliphatic rings. The topological polar surface area (TPSA) is 58.1 Å². The number of hydrogen-bond donors (Lipinski definition) is 2. The van der Waals surface area contributed by atoms with Gasteiger partial charge >= 0.3 is 0 Å². The van der Waals surface area contributed by atoms with Crippen LogP contribution in [0.1, 0.15) is 53.4 Å². The van der Waals surface area contributed by atoms with Gasteiger partial charge in [-0.25, -0.2) is 0 Å². The highest BCUT2D eigenvalue weighted by molar-refractivity contribution is 14.0. The maximum absolute atomic E-state index is 5.76. The summed E-state index contributed by atoms with van der Waals surface area (Å²) in [6.45, 7) is 15.1. The van der Waals surface area contributed by atoms with Gasteiger partial charge in [-0.05, 0) is 45.4 Å². The van der Waals surface area contributed by atoms with E-state index in [1.54, 1.807) is 0 Å². The molecule has 2 heterocycles. The quantitative estimate of drug-likeness (QED) is 0.329. The molecule has 0 amide bonds. The van der Waals surface area contributed by atoms with Crippen molar-refractivity contribution >= 4 is 29.9 Å². The van der Waals surface area contributed by atoms with Crippen molar-refractivity contribution in [3.8, 4) is 0 Å². The molecule has 0 aromatic carbocycles. The number of piperidine rings is 1. The zero-order chi connectivity index (χ0) is 19.5. The Morgan fingerprint density at radius 2 is 1.89 bits per heavy atom. The molecule has 2 saturated heterocycles. The lowest BCUT2D eigenvalue weighted by atomic mass is 9.56. The van der Waals surface area contributed by atoms with Crippen LogP contribution in [-0.2, 0) is 9.47 Å². The van der Waals surface area contributed by atoms with Crippen LogP contribution in [0, 0.1) is 11.3 Å². The van der Waals surface area contributed by atoms with Gasteiger partial charge in [0.05, 0.1) is 12.2 Å². The Hall–Kier alpha value is -0.120. The fourth-order valence-electron chi connectivity index (χ4n) is 4.72. The summed E-state index contributed by atoms with van der Waals surface area (Å²) in [4.78, 5) is 7.32. The lowest BCUT2D eigenvalue weighted by Crippen LogP contribution is -2.70. The van der Waals surface area contributed by atoms with Gasteiger partial charge in [-0.3, -0.25) is 4.99 Å². The molecule has 0 aromatic rings. The maximum Gasteiger partial charge on any atom is 0.191 e. The van der Waals surface area contributed by atoms with Crippen LogP contribution in [0.5, 0.6) is 0 Å². The van der Waals surface area contributed by atoms with E-state index in [0.29, 0.717) is 12.1 Å². The zero-order valence-electron chi connectivity index (χ0n) is 18.4. The minimum atomic E-state index is -0.0582. The first-order valence-corrected chi connectivity index (χ1v) is 10.8. The lowest BCUT2D eigenvalue weighted by molar-refractivity contribution is -0.176. The highest BCUT2D eigenvalue weighted by Crippen LogP contribution is 2.51. The van der Waals surface area contributed by atoms with E-state index in [2.05, 4.69) is 43.2 Å². The Kier molecular flexibility index (Phi) is 8.85. The normalized spacial score (nSPS) is 33.8. The smallest absolute Gasteiger partial charge is 0.191 e. The van der Waals surface area contributed by atoms with Gasteiger partial charge in [0.2, 0.25) is 0 Å². The van der Waals surface area contributed by atoms with Gasteiger partial charge in [0, 0.05) is 57.4 Å². The first kappa shape index (κ1) is 24.2. The summed E-state index contributed by atoms with van der Waals surface area (Å²) in [5.41, 5.74) is 0.0297. The van der Waals surface area contributed by atoms with E-state index in [-0.39, 0.29) is 35.0 Å². The van der Waals surface area contributed by atoms with E-state index in [9.17, 15) is 0 Å². The van der Waals surface area contributed by atoms with Gasteiger partial charge in [0.1, 0.15) is 0 Å². The van der Waals surface area contributed by atoms with E-state index in [4.69, 9.17) is 14.5 Å².